The van der Waals surface area contributed by atoms with Crippen LogP contribution in [0.15, 0.2) is 77.0 Å². The molecule has 10 nitrogen and oxygen atoms in total. The fourth-order valence-corrected chi connectivity index (χ4v) is 4.49. The van der Waals surface area contributed by atoms with Gasteiger partial charge in [-0.15, -0.1) is 5.10 Å². The number of nitrogens with zero attached hydrogens (tertiary/aromatic N) is 6. The highest BCUT2D eigenvalue weighted by atomic mass is 35.5. The standard InChI is InChI=1S/C27H26ClFN8O2S/c1-36(2)12-13-37-27(33-34-35-37)40-17-19-4-3-5-20(14-19)25(38)31-24-11-8-21(28)15-23(24)26(39)32-30-16-18-6-9-22(29)10-7-18/h3-11,14-16H,12-13,17H2,1-2H3,(H,31,38)(H,32,39)/b30-16+. The van der Waals surface area contributed by atoms with Crippen LogP contribution < -0.4 is 10.7 Å². The normalized spacial score (nSPS) is 11.2. The molecule has 0 atom stereocenters. The summed E-state index contributed by atoms with van der Waals surface area (Å²) >= 11 is 7.59. The minimum atomic E-state index is -0.576. The zero-order chi connectivity index (χ0) is 28.5. The molecule has 0 saturated heterocycles. The molecule has 2 N–H and O–H groups in total. The van der Waals surface area contributed by atoms with E-state index < -0.39 is 11.8 Å². The highest BCUT2D eigenvalue weighted by Gasteiger charge is 2.16. The van der Waals surface area contributed by atoms with Crippen molar-refractivity contribution in [2.24, 2.45) is 5.10 Å². The van der Waals surface area contributed by atoms with E-state index in [2.05, 4.69) is 36.3 Å². The van der Waals surface area contributed by atoms with Crippen LogP contribution in [0.25, 0.3) is 0 Å². The van der Waals surface area contributed by atoms with E-state index in [4.69, 9.17) is 11.6 Å². The molecule has 0 aliphatic rings. The Morgan fingerprint density at radius 1 is 1.10 bits per heavy atom. The highest BCUT2D eigenvalue weighted by Crippen LogP contribution is 2.23. The zero-order valence-electron chi connectivity index (χ0n) is 21.7. The van der Waals surface area contributed by atoms with Crippen LogP contribution in [-0.4, -0.2) is 63.8 Å². The minimum absolute atomic E-state index is 0.133. The second-order valence-corrected chi connectivity index (χ2v) is 10.3. The van der Waals surface area contributed by atoms with Crippen LogP contribution in [0.2, 0.25) is 5.02 Å². The molecule has 0 fully saturated rings. The van der Waals surface area contributed by atoms with E-state index in [0.29, 0.717) is 33.6 Å². The van der Waals surface area contributed by atoms with Gasteiger partial charge in [0.05, 0.1) is 24.0 Å². The molecular weight excluding hydrogens is 555 g/mol. The lowest BCUT2D eigenvalue weighted by atomic mass is 10.1. The average Bonchev–Trinajstić information content (AvgIpc) is 3.40. The van der Waals surface area contributed by atoms with Gasteiger partial charge < -0.3 is 10.2 Å². The van der Waals surface area contributed by atoms with Gasteiger partial charge >= 0.3 is 0 Å². The number of tetrazole rings is 1. The summed E-state index contributed by atoms with van der Waals surface area (Å²) in [6.45, 7) is 1.47. The molecule has 4 aromatic rings. The summed E-state index contributed by atoms with van der Waals surface area (Å²) in [5, 5.41) is 19.6. The summed E-state index contributed by atoms with van der Waals surface area (Å²) in [6.07, 6.45) is 1.38. The summed E-state index contributed by atoms with van der Waals surface area (Å²) in [6, 6.07) is 17.4. The van der Waals surface area contributed by atoms with Gasteiger partial charge in [0.1, 0.15) is 5.82 Å². The number of anilines is 1. The Labute approximate surface area is 239 Å². The molecule has 0 unspecified atom stereocenters. The first-order valence-corrected chi connectivity index (χ1v) is 13.5. The third-order valence-electron chi connectivity index (χ3n) is 5.54. The number of likely N-dealkylation sites (N-methyl/N-ethyl adjacent to an activating group) is 1. The first-order chi connectivity index (χ1) is 19.3. The van der Waals surface area contributed by atoms with E-state index in [1.165, 1.54) is 48.3 Å². The van der Waals surface area contributed by atoms with Crippen molar-refractivity contribution < 1.29 is 14.0 Å². The van der Waals surface area contributed by atoms with Crippen molar-refractivity contribution >= 4 is 47.1 Å². The molecule has 4 rings (SSSR count). The Kier molecular flexibility index (Phi) is 9.95. The smallest absolute Gasteiger partial charge is 0.273 e. The second-order valence-electron chi connectivity index (χ2n) is 8.87. The van der Waals surface area contributed by atoms with Gasteiger partial charge in [-0.05, 0) is 78.1 Å². The molecule has 3 aromatic carbocycles. The number of hydrazone groups is 1. The van der Waals surface area contributed by atoms with Crippen LogP contribution >= 0.6 is 23.4 Å². The predicted molar refractivity (Wildman–Crippen MR) is 153 cm³/mol. The summed E-state index contributed by atoms with van der Waals surface area (Å²) < 4.78 is 14.8. The van der Waals surface area contributed by atoms with E-state index in [1.807, 2.05) is 20.2 Å². The molecule has 1 aromatic heterocycles. The number of rotatable bonds is 11. The summed E-state index contributed by atoms with van der Waals surface area (Å²) in [7, 11) is 3.97. The van der Waals surface area contributed by atoms with Crippen LogP contribution in [-0.2, 0) is 12.3 Å². The quantitative estimate of drug-likeness (QED) is 0.154. The predicted octanol–water partition coefficient (Wildman–Crippen LogP) is 4.34. The third kappa shape index (κ3) is 8.18. The van der Waals surface area contributed by atoms with Crippen LogP contribution in [0.1, 0.15) is 31.8 Å². The van der Waals surface area contributed by atoms with E-state index in [0.717, 1.165) is 12.1 Å². The molecule has 0 aliphatic heterocycles. The lowest BCUT2D eigenvalue weighted by molar-refractivity contribution is 0.0956. The summed E-state index contributed by atoms with van der Waals surface area (Å²) in [5.74, 6) is -0.784. The average molecular weight is 581 g/mol. The van der Waals surface area contributed by atoms with Crippen molar-refractivity contribution in [3.63, 3.8) is 0 Å². The van der Waals surface area contributed by atoms with E-state index in [1.54, 1.807) is 35.0 Å². The van der Waals surface area contributed by atoms with Crippen LogP contribution in [0.3, 0.4) is 0 Å². The van der Waals surface area contributed by atoms with E-state index >= 15 is 0 Å². The largest absolute Gasteiger partial charge is 0.321 e. The minimum Gasteiger partial charge on any atom is -0.321 e. The molecule has 13 heteroatoms. The second kappa shape index (κ2) is 13.8. The number of carbonyl (C=O) groups is 2. The van der Waals surface area contributed by atoms with E-state index in [9.17, 15) is 14.0 Å². The van der Waals surface area contributed by atoms with Gasteiger partial charge in [-0.1, -0.05) is 47.6 Å². The summed E-state index contributed by atoms with van der Waals surface area (Å²) in [4.78, 5) is 28.0. The molecule has 0 aliphatic carbocycles. The molecule has 0 saturated carbocycles. The van der Waals surface area contributed by atoms with Crippen LogP contribution in [0, 0.1) is 5.82 Å². The van der Waals surface area contributed by atoms with Crippen molar-refractivity contribution in [1.82, 2.24) is 30.5 Å². The first-order valence-electron chi connectivity index (χ1n) is 12.1. The maximum absolute atomic E-state index is 13.1. The monoisotopic (exact) mass is 580 g/mol. The van der Waals surface area contributed by atoms with Gasteiger partial charge in [0.15, 0.2) is 0 Å². The lowest BCUT2D eigenvalue weighted by Crippen LogP contribution is -2.21. The summed E-state index contributed by atoms with van der Waals surface area (Å²) in [5.41, 5.74) is 4.73. The van der Waals surface area contributed by atoms with Crippen LogP contribution in [0.5, 0.6) is 0 Å². The number of halogens is 2. The Morgan fingerprint density at radius 3 is 2.67 bits per heavy atom. The number of hydrogen-bond acceptors (Lipinski definition) is 8. The maximum atomic E-state index is 13.1. The Balaban J connectivity index is 1.41. The number of thioether (sulfide) groups is 1. The maximum Gasteiger partial charge on any atom is 0.273 e. The number of carbonyl (C=O) groups excluding carboxylic acids is 2. The fraction of sp³-hybridized carbons (Fsp3) is 0.185. The molecule has 0 bridgehead atoms. The Morgan fingerprint density at radius 2 is 1.90 bits per heavy atom. The van der Waals surface area contributed by atoms with Crippen molar-refractivity contribution in [3.8, 4) is 0 Å². The van der Waals surface area contributed by atoms with E-state index in [-0.39, 0.29) is 17.1 Å². The molecule has 1 heterocycles. The lowest BCUT2D eigenvalue weighted by Gasteiger charge is -2.12. The third-order valence-corrected chi connectivity index (χ3v) is 6.80. The molecule has 206 valence electrons. The SMILES string of the molecule is CN(C)CCn1nnnc1SCc1cccc(C(=O)Nc2ccc(Cl)cc2C(=O)N/N=C/c2ccc(F)cc2)c1. The molecular formula is C27H26ClFN8O2S. The van der Waals surface area contributed by atoms with Gasteiger partial charge in [-0.25, -0.2) is 14.5 Å². The molecule has 0 spiro atoms. The van der Waals surface area contributed by atoms with Crippen molar-refractivity contribution in [2.75, 3.05) is 26.0 Å². The number of amides is 2. The molecule has 0 radical (unpaired) electrons. The zero-order valence-corrected chi connectivity index (χ0v) is 23.3. The fourth-order valence-electron chi connectivity index (χ4n) is 3.47. The van der Waals surface area contributed by atoms with Crippen molar-refractivity contribution in [3.05, 3.63) is 99.8 Å². The van der Waals surface area contributed by atoms with Crippen molar-refractivity contribution in [1.29, 1.82) is 0 Å². The highest BCUT2D eigenvalue weighted by molar-refractivity contribution is 7.98. The van der Waals surface area contributed by atoms with Crippen LogP contribution in [0.4, 0.5) is 10.1 Å². The first kappa shape index (κ1) is 28.9. The Hall–Kier alpha value is -4.13. The number of nitrogens with one attached hydrogen (secondary N) is 2. The molecule has 40 heavy (non-hydrogen) atoms. The molecule has 2 amide bonds. The topological polar surface area (TPSA) is 117 Å². The van der Waals surface area contributed by atoms with Gasteiger partial charge in [0, 0.05) is 22.9 Å². The number of aromatic nitrogens is 4. The van der Waals surface area contributed by atoms with Gasteiger partial charge in [-0.3, -0.25) is 9.59 Å². The van der Waals surface area contributed by atoms with Gasteiger partial charge in [0.2, 0.25) is 5.16 Å². The number of hydrogen-bond donors (Lipinski definition) is 2. The van der Waals surface area contributed by atoms with Crippen molar-refractivity contribution in [2.45, 2.75) is 17.5 Å². The number of benzene rings is 3. The van der Waals surface area contributed by atoms with Gasteiger partial charge in [-0.2, -0.15) is 5.10 Å². The van der Waals surface area contributed by atoms with Gasteiger partial charge in [0.25, 0.3) is 11.8 Å². The Bertz CT molecular complexity index is 1510.